The normalized spacial score (nSPS) is 19.9. The van der Waals surface area contributed by atoms with Crippen molar-refractivity contribution in [3.05, 3.63) is 18.5 Å². The maximum absolute atomic E-state index is 13.3. The lowest BCUT2D eigenvalue weighted by molar-refractivity contribution is -0.138. The van der Waals surface area contributed by atoms with Crippen LogP contribution in [0.25, 0.3) is 11.2 Å². The van der Waals surface area contributed by atoms with Gasteiger partial charge < -0.3 is 25.3 Å². The number of aromatic nitrogens is 4. The number of imidazole rings is 1. The van der Waals surface area contributed by atoms with Crippen LogP contribution in [0.3, 0.4) is 0 Å². The summed E-state index contributed by atoms with van der Waals surface area (Å²) in [5.41, 5.74) is 5.86. The Morgan fingerprint density at radius 2 is 2.08 bits per heavy atom. The first-order chi connectivity index (χ1) is 17.9. The molecule has 1 aliphatic rings. The van der Waals surface area contributed by atoms with Crippen molar-refractivity contribution < 1.29 is 38.2 Å². The third kappa shape index (κ3) is 7.30. The van der Waals surface area contributed by atoms with Crippen LogP contribution in [0, 0.1) is 11.3 Å². The molecule has 0 spiro atoms. The number of ether oxygens (including phenoxy) is 1. The predicted octanol–water partition coefficient (Wildman–Crippen LogP) is 2.02. The van der Waals surface area contributed by atoms with E-state index >= 15 is 0 Å². The summed E-state index contributed by atoms with van der Waals surface area (Å²) in [5, 5.41) is 20.7. The maximum atomic E-state index is 13.3. The van der Waals surface area contributed by atoms with Gasteiger partial charge in [0.25, 0.3) is 0 Å². The van der Waals surface area contributed by atoms with Crippen LogP contribution in [0.15, 0.2) is 18.5 Å². The van der Waals surface area contributed by atoms with Gasteiger partial charge in [-0.1, -0.05) is 23.9 Å². The first-order valence-electron chi connectivity index (χ1n) is 11.8. The zero-order chi connectivity index (χ0) is 28.1. The van der Waals surface area contributed by atoms with Gasteiger partial charge in [-0.15, -0.1) is 0 Å². The Labute approximate surface area is 223 Å². The number of fused-ring (bicyclic) bond motifs is 1. The molecule has 0 saturated heterocycles. The van der Waals surface area contributed by atoms with E-state index in [1.807, 2.05) is 16.7 Å². The number of thioether (sulfide) groups is 1. The molecule has 2 aromatic rings. The van der Waals surface area contributed by atoms with E-state index in [4.69, 9.17) is 19.5 Å². The zero-order valence-electron chi connectivity index (χ0n) is 21.6. The zero-order valence-corrected chi connectivity index (χ0v) is 23.3. The number of hydrogen-bond donors (Lipinski definition) is 4. The number of carboxylic acids is 1. The lowest BCUT2D eigenvalue weighted by atomic mass is 9.97. The highest BCUT2D eigenvalue weighted by Gasteiger charge is 2.33. The molecule has 0 aromatic carbocycles. The molecule has 0 amide bonds. The van der Waals surface area contributed by atoms with Crippen LogP contribution in [0.5, 0.6) is 5.88 Å². The second-order valence-corrected chi connectivity index (χ2v) is 12.2. The van der Waals surface area contributed by atoms with E-state index in [2.05, 4.69) is 20.0 Å². The maximum Gasteiger partial charge on any atom is 0.406 e. The third-order valence-electron chi connectivity index (χ3n) is 5.81. The fraction of sp³-hybridized carbons (Fsp3) is 0.591. The van der Waals surface area contributed by atoms with Gasteiger partial charge in [0.1, 0.15) is 6.04 Å². The number of carbonyl (C=O) groups is 2. The van der Waals surface area contributed by atoms with E-state index in [0.717, 1.165) is 11.8 Å². The molecule has 0 bridgehead atoms. The van der Waals surface area contributed by atoms with Crippen LogP contribution in [-0.4, -0.2) is 79.5 Å². The van der Waals surface area contributed by atoms with Crippen LogP contribution < -0.4 is 15.6 Å². The Hall–Kier alpha value is -2.55. The number of rotatable bonds is 14. The summed E-state index contributed by atoms with van der Waals surface area (Å²) in [6.45, 7) is 4.09. The molecule has 38 heavy (non-hydrogen) atoms. The number of carbonyl (C=O) groups excluding carboxylic acids is 1. The number of nitrogens with two attached hydrogens (primary N) is 1. The van der Waals surface area contributed by atoms with E-state index in [9.17, 15) is 24.4 Å². The molecule has 3 rings (SSSR count). The number of aliphatic hydroxyl groups is 1. The second kappa shape index (κ2) is 12.5. The summed E-state index contributed by atoms with van der Waals surface area (Å²) < 4.78 is 31.5. The van der Waals surface area contributed by atoms with Gasteiger partial charge in [0.05, 0.1) is 44.7 Å². The molecule has 16 heteroatoms. The molecular formula is C22H33N6O8PS. The molecular weight excluding hydrogens is 539 g/mol. The molecule has 1 aliphatic carbocycles. The molecule has 0 saturated carbocycles. The van der Waals surface area contributed by atoms with Crippen molar-refractivity contribution in [3.63, 3.8) is 0 Å². The molecule has 0 aliphatic heterocycles. The number of nitrogens with one attached hydrogen (secondary N) is 1. The Morgan fingerprint density at radius 3 is 2.74 bits per heavy atom. The number of aliphatic carboxylic acids is 1. The number of aliphatic hydroxyl groups excluding tert-OH is 1. The van der Waals surface area contributed by atoms with Crippen LogP contribution in [0.4, 0.5) is 5.95 Å². The highest BCUT2D eigenvalue weighted by atomic mass is 32.2. The van der Waals surface area contributed by atoms with Gasteiger partial charge in [0, 0.05) is 11.7 Å². The van der Waals surface area contributed by atoms with Gasteiger partial charge in [0.2, 0.25) is 11.8 Å². The van der Waals surface area contributed by atoms with Gasteiger partial charge >= 0.3 is 13.7 Å². The first kappa shape index (κ1) is 30.0. The largest absolute Gasteiger partial charge is 0.480 e. The minimum Gasteiger partial charge on any atom is -0.480 e. The SMILES string of the molecule is COc1nc(N)nc2c1ncn2[C@H]1C=C[C@@H](COP(=O)(N[C@@H](C)C(=O)O)OCCSC(=O)C(C)(C)CO)C1. The molecule has 5 N–H and O–H groups in total. The fourth-order valence-electron chi connectivity index (χ4n) is 3.52. The van der Waals surface area contributed by atoms with Crippen molar-refractivity contribution in [1.82, 2.24) is 24.6 Å². The lowest BCUT2D eigenvalue weighted by Gasteiger charge is -2.23. The lowest BCUT2D eigenvalue weighted by Crippen LogP contribution is -2.33. The molecule has 0 fully saturated rings. The van der Waals surface area contributed by atoms with E-state index in [-0.39, 0.29) is 54.5 Å². The van der Waals surface area contributed by atoms with Crippen LogP contribution in [-0.2, 0) is 23.2 Å². The van der Waals surface area contributed by atoms with Crippen molar-refractivity contribution in [2.24, 2.45) is 11.3 Å². The number of allylic oxidation sites excluding steroid dienone is 1. The Kier molecular flexibility index (Phi) is 9.90. The smallest absolute Gasteiger partial charge is 0.406 e. The molecule has 14 nitrogen and oxygen atoms in total. The highest BCUT2D eigenvalue weighted by Crippen LogP contribution is 2.46. The van der Waals surface area contributed by atoms with E-state index < -0.39 is 25.2 Å². The number of carboxylic acid groups (broad SMARTS) is 1. The first-order valence-corrected chi connectivity index (χ1v) is 14.3. The number of hydrogen-bond acceptors (Lipinski definition) is 12. The number of methoxy groups -OCH3 is 1. The minimum absolute atomic E-state index is 0.0136. The third-order valence-corrected chi connectivity index (χ3v) is 8.71. The minimum atomic E-state index is -4.04. The molecule has 0 radical (unpaired) electrons. The predicted molar refractivity (Wildman–Crippen MR) is 141 cm³/mol. The van der Waals surface area contributed by atoms with Crippen LogP contribution in [0.1, 0.15) is 33.2 Å². The van der Waals surface area contributed by atoms with Crippen LogP contribution >= 0.6 is 19.5 Å². The Bertz CT molecular complexity index is 1240. The second-order valence-electron chi connectivity index (χ2n) is 9.36. The number of nitrogen functional groups attached to an aromatic ring is 1. The summed E-state index contributed by atoms with van der Waals surface area (Å²) in [6.07, 6.45) is 6.01. The standard InChI is InChI=1S/C22H33N6O8PS/c1-13(19(30)31)27-37(33,35-7-8-38-20(32)22(2,3)11-29)36-10-14-5-6-15(9-14)28-12-24-16-17(28)25-21(23)26-18(16)34-4/h5-6,12-15,29H,7-11H2,1-4H3,(H,27,33)(H,30,31)(H2,23,25,26)/t13-,14+,15-,37?/m0/s1. The average molecular weight is 573 g/mol. The average Bonchev–Trinajstić information content (AvgIpc) is 3.51. The van der Waals surface area contributed by atoms with Crippen molar-refractivity contribution in [1.29, 1.82) is 0 Å². The molecule has 210 valence electrons. The van der Waals surface area contributed by atoms with Gasteiger partial charge in [-0.25, -0.2) is 14.6 Å². The molecule has 2 heterocycles. The Morgan fingerprint density at radius 1 is 1.34 bits per heavy atom. The van der Waals surface area contributed by atoms with Crippen molar-refractivity contribution >= 4 is 47.7 Å². The summed E-state index contributed by atoms with van der Waals surface area (Å²) in [4.78, 5) is 36.1. The van der Waals surface area contributed by atoms with Gasteiger partial charge in [-0.05, 0) is 27.2 Å². The van der Waals surface area contributed by atoms with E-state index in [0.29, 0.717) is 17.6 Å². The summed E-state index contributed by atoms with van der Waals surface area (Å²) in [5.74, 6) is -0.930. The number of nitrogens with zero attached hydrogens (tertiary/aromatic N) is 4. The van der Waals surface area contributed by atoms with E-state index in [1.165, 1.54) is 14.0 Å². The van der Waals surface area contributed by atoms with Crippen LogP contribution in [0.2, 0.25) is 0 Å². The van der Waals surface area contributed by atoms with Gasteiger partial charge in [0.15, 0.2) is 16.3 Å². The monoisotopic (exact) mass is 572 g/mol. The van der Waals surface area contributed by atoms with Crippen molar-refractivity contribution in [2.75, 3.05) is 38.4 Å². The van der Waals surface area contributed by atoms with Gasteiger partial charge in [-0.3, -0.25) is 18.6 Å². The highest BCUT2D eigenvalue weighted by molar-refractivity contribution is 8.13. The number of anilines is 1. The fourth-order valence-corrected chi connectivity index (χ4v) is 5.98. The molecule has 2 aromatic heterocycles. The van der Waals surface area contributed by atoms with Gasteiger partial charge in [-0.2, -0.15) is 9.97 Å². The van der Waals surface area contributed by atoms with Crippen molar-refractivity contribution in [3.8, 4) is 5.88 Å². The summed E-state index contributed by atoms with van der Waals surface area (Å²) in [7, 11) is -2.57. The summed E-state index contributed by atoms with van der Waals surface area (Å²) >= 11 is 0.928. The Balaban J connectivity index is 1.62. The topological polar surface area (TPSA) is 201 Å². The molecule has 1 unspecified atom stereocenters. The molecule has 4 atom stereocenters. The summed E-state index contributed by atoms with van der Waals surface area (Å²) in [6, 6.07) is -1.34. The quantitative estimate of drug-likeness (QED) is 0.145. The van der Waals surface area contributed by atoms with E-state index in [1.54, 1.807) is 20.2 Å². The van der Waals surface area contributed by atoms with Crippen molar-refractivity contribution in [2.45, 2.75) is 39.3 Å².